The number of likely N-dealkylation sites (tertiary alicyclic amines) is 2. The first-order valence-corrected chi connectivity index (χ1v) is 8.26. The molecule has 0 atom stereocenters. The molecular formula is C16H29N3O. The van der Waals surface area contributed by atoms with E-state index in [0.29, 0.717) is 11.5 Å². The first-order chi connectivity index (χ1) is 9.56. The molecule has 0 radical (unpaired) electrons. The van der Waals surface area contributed by atoms with Gasteiger partial charge in [0, 0.05) is 19.0 Å². The van der Waals surface area contributed by atoms with Crippen molar-refractivity contribution in [2.75, 3.05) is 33.2 Å². The smallest absolute Gasteiger partial charge is 0.217 e. The topological polar surface area (TPSA) is 35.6 Å². The summed E-state index contributed by atoms with van der Waals surface area (Å²) >= 11 is 0. The summed E-state index contributed by atoms with van der Waals surface area (Å²) in [4.78, 5) is 16.3. The summed E-state index contributed by atoms with van der Waals surface area (Å²) in [6.07, 6.45) is 7.81. The summed E-state index contributed by atoms with van der Waals surface area (Å²) in [5.74, 6) is 0.133. The quantitative estimate of drug-likeness (QED) is 0.831. The summed E-state index contributed by atoms with van der Waals surface area (Å²) in [5.41, 5.74) is 0.565. The van der Waals surface area contributed by atoms with E-state index in [1.807, 2.05) is 0 Å². The second-order valence-corrected chi connectivity index (χ2v) is 7.38. The molecule has 3 rings (SSSR count). The highest BCUT2D eigenvalue weighted by atomic mass is 16.1. The molecule has 2 heterocycles. The van der Waals surface area contributed by atoms with Gasteiger partial charge in [-0.2, -0.15) is 0 Å². The maximum Gasteiger partial charge on any atom is 0.217 e. The summed E-state index contributed by atoms with van der Waals surface area (Å²) in [6, 6.07) is 1.29. The summed E-state index contributed by atoms with van der Waals surface area (Å²) in [5, 5.41) is 3.07. The largest absolute Gasteiger partial charge is 0.354 e. The van der Waals surface area contributed by atoms with Gasteiger partial charge < -0.3 is 15.1 Å². The van der Waals surface area contributed by atoms with Crippen molar-refractivity contribution in [3.63, 3.8) is 0 Å². The molecule has 2 saturated heterocycles. The molecule has 0 aromatic heterocycles. The zero-order chi connectivity index (χ0) is 14.2. The Bertz CT molecular complexity index is 347. The Morgan fingerprint density at radius 1 is 1.10 bits per heavy atom. The number of hydrogen-bond acceptors (Lipinski definition) is 3. The number of rotatable bonds is 2. The molecule has 4 heteroatoms. The molecular weight excluding hydrogens is 250 g/mol. The molecule has 20 heavy (non-hydrogen) atoms. The van der Waals surface area contributed by atoms with Crippen LogP contribution in [-0.2, 0) is 4.79 Å². The summed E-state index contributed by atoms with van der Waals surface area (Å²) in [7, 11) is 2.23. The SMILES string of the molecule is CC(=O)NC1CC2(CCN(C3CCN(C)CC3)CC2)C1. The number of piperidine rings is 2. The van der Waals surface area contributed by atoms with Crippen molar-refractivity contribution in [1.29, 1.82) is 0 Å². The number of carbonyl (C=O) groups is 1. The van der Waals surface area contributed by atoms with Crippen molar-refractivity contribution in [3.8, 4) is 0 Å². The van der Waals surface area contributed by atoms with Gasteiger partial charge in [-0.05, 0) is 77.2 Å². The van der Waals surface area contributed by atoms with Crippen LogP contribution in [0, 0.1) is 5.41 Å². The first kappa shape index (κ1) is 14.3. The molecule has 0 aromatic carbocycles. The normalized spacial score (nSPS) is 29.3. The lowest BCUT2D eigenvalue weighted by molar-refractivity contribution is -0.122. The predicted molar refractivity (Wildman–Crippen MR) is 80.6 cm³/mol. The average molecular weight is 279 g/mol. The van der Waals surface area contributed by atoms with E-state index in [2.05, 4.69) is 22.2 Å². The Balaban J connectivity index is 1.43. The Hall–Kier alpha value is -0.610. The minimum absolute atomic E-state index is 0.133. The van der Waals surface area contributed by atoms with E-state index in [4.69, 9.17) is 0 Å². The van der Waals surface area contributed by atoms with Gasteiger partial charge in [-0.3, -0.25) is 4.79 Å². The van der Waals surface area contributed by atoms with Crippen molar-refractivity contribution in [3.05, 3.63) is 0 Å². The van der Waals surface area contributed by atoms with Crippen LogP contribution in [0.2, 0.25) is 0 Å². The van der Waals surface area contributed by atoms with Crippen molar-refractivity contribution in [2.24, 2.45) is 5.41 Å². The Morgan fingerprint density at radius 3 is 2.25 bits per heavy atom. The highest BCUT2D eigenvalue weighted by Gasteiger charge is 2.46. The van der Waals surface area contributed by atoms with E-state index < -0.39 is 0 Å². The van der Waals surface area contributed by atoms with Crippen LogP contribution in [0.25, 0.3) is 0 Å². The van der Waals surface area contributed by atoms with Crippen LogP contribution < -0.4 is 5.32 Å². The minimum atomic E-state index is 0.133. The third-order valence-corrected chi connectivity index (χ3v) is 5.83. The maximum absolute atomic E-state index is 11.1. The van der Waals surface area contributed by atoms with Gasteiger partial charge in [-0.25, -0.2) is 0 Å². The fourth-order valence-corrected chi connectivity index (χ4v) is 4.51. The summed E-state index contributed by atoms with van der Waals surface area (Å²) < 4.78 is 0. The highest BCUT2D eigenvalue weighted by molar-refractivity contribution is 5.73. The van der Waals surface area contributed by atoms with Crippen LogP contribution in [-0.4, -0.2) is 61.0 Å². The van der Waals surface area contributed by atoms with E-state index in [1.165, 1.54) is 64.7 Å². The van der Waals surface area contributed by atoms with Gasteiger partial charge in [0.1, 0.15) is 0 Å². The lowest BCUT2D eigenvalue weighted by Crippen LogP contribution is -2.56. The van der Waals surface area contributed by atoms with E-state index in [1.54, 1.807) is 6.92 Å². The molecule has 2 aliphatic heterocycles. The van der Waals surface area contributed by atoms with Crippen LogP contribution in [0.1, 0.15) is 45.4 Å². The molecule has 3 fully saturated rings. The molecule has 1 amide bonds. The second kappa shape index (κ2) is 5.64. The minimum Gasteiger partial charge on any atom is -0.354 e. The van der Waals surface area contributed by atoms with Crippen molar-refractivity contribution >= 4 is 5.91 Å². The van der Waals surface area contributed by atoms with E-state index in [0.717, 1.165) is 6.04 Å². The van der Waals surface area contributed by atoms with Crippen LogP contribution in [0.5, 0.6) is 0 Å². The zero-order valence-electron chi connectivity index (χ0n) is 13.0. The zero-order valence-corrected chi connectivity index (χ0v) is 13.0. The number of amides is 1. The monoisotopic (exact) mass is 279 g/mol. The van der Waals surface area contributed by atoms with Gasteiger partial charge in [0.2, 0.25) is 5.91 Å². The maximum atomic E-state index is 11.1. The molecule has 4 nitrogen and oxygen atoms in total. The van der Waals surface area contributed by atoms with Crippen LogP contribution in [0.4, 0.5) is 0 Å². The van der Waals surface area contributed by atoms with Crippen molar-refractivity contribution in [1.82, 2.24) is 15.1 Å². The molecule has 0 unspecified atom stereocenters. The summed E-state index contributed by atoms with van der Waals surface area (Å²) in [6.45, 7) is 6.71. The average Bonchev–Trinajstić information content (AvgIpc) is 2.38. The van der Waals surface area contributed by atoms with Crippen LogP contribution in [0.3, 0.4) is 0 Å². The van der Waals surface area contributed by atoms with Gasteiger partial charge in [0.05, 0.1) is 0 Å². The first-order valence-electron chi connectivity index (χ1n) is 8.26. The van der Waals surface area contributed by atoms with Gasteiger partial charge in [-0.15, -0.1) is 0 Å². The lowest BCUT2D eigenvalue weighted by Gasteiger charge is -2.53. The Kier molecular flexibility index (Phi) is 4.04. The molecule has 1 spiro atoms. The standard InChI is InChI=1S/C16H29N3O/c1-13(20)17-14-11-16(12-14)5-9-19(10-6-16)15-3-7-18(2)8-4-15/h14-15H,3-12H2,1-2H3,(H,17,20). The number of hydrogen-bond donors (Lipinski definition) is 1. The van der Waals surface area contributed by atoms with Crippen LogP contribution >= 0.6 is 0 Å². The fraction of sp³-hybridized carbons (Fsp3) is 0.938. The van der Waals surface area contributed by atoms with Crippen LogP contribution in [0.15, 0.2) is 0 Å². The van der Waals surface area contributed by atoms with Crippen molar-refractivity contribution < 1.29 is 4.79 Å². The predicted octanol–water partition coefficient (Wildman–Crippen LogP) is 1.46. The van der Waals surface area contributed by atoms with E-state index in [-0.39, 0.29) is 5.91 Å². The molecule has 1 N–H and O–H groups in total. The molecule has 0 bridgehead atoms. The highest BCUT2D eigenvalue weighted by Crippen LogP contribution is 2.49. The van der Waals surface area contributed by atoms with E-state index in [9.17, 15) is 4.79 Å². The van der Waals surface area contributed by atoms with Gasteiger partial charge in [-0.1, -0.05) is 0 Å². The lowest BCUT2D eigenvalue weighted by atomic mass is 9.60. The third-order valence-electron chi connectivity index (χ3n) is 5.83. The van der Waals surface area contributed by atoms with Gasteiger partial charge in [0.25, 0.3) is 0 Å². The number of carbonyl (C=O) groups excluding carboxylic acids is 1. The Labute approximate surface area is 122 Å². The molecule has 0 aromatic rings. The van der Waals surface area contributed by atoms with Gasteiger partial charge in [0.15, 0.2) is 0 Å². The molecule has 1 saturated carbocycles. The second-order valence-electron chi connectivity index (χ2n) is 7.38. The van der Waals surface area contributed by atoms with Crippen molar-refractivity contribution in [2.45, 2.75) is 57.5 Å². The molecule has 114 valence electrons. The molecule has 3 aliphatic rings. The number of nitrogens with zero attached hydrogens (tertiary/aromatic N) is 2. The number of nitrogens with one attached hydrogen (secondary N) is 1. The Morgan fingerprint density at radius 2 is 1.70 bits per heavy atom. The molecule has 1 aliphatic carbocycles. The van der Waals surface area contributed by atoms with Gasteiger partial charge >= 0.3 is 0 Å². The third kappa shape index (κ3) is 3.01. The van der Waals surface area contributed by atoms with E-state index >= 15 is 0 Å². The fourth-order valence-electron chi connectivity index (χ4n) is 4.51.